The van der Waals surface area contributed by atoms with Gasteiger partial charge in [-0.05, 0) is 43.2 Å². The standard InChI is InChI=1S/C19H20N2O3/c1-12-14-6-3-4-7-16(14)21-13(2)15(12)10-19(23)20-11-17(22)18-8-5-9-24-18/h3-9,17,22H,10-11H2,1-2H3,(H,20,23). The molecule has 3 rings (SSSR count). The lowest BCUT2D eigenvalue weighted by atomic mass is 9.99. The molecule has 0 aliphatic heterocycles. The summed E-state index contributed by atoms with van der Waals surface area (Å²) in [5.74, 6) is 0.291. The van der Waals surface area contributed by atoms with Gasteiger partial charge in [-0.15, -0.1) is 0 Å². The zero-order valence-electron chi connectivity index (χ0n) is 13.7. The number of aryl methyl sites for hydroxylation is 2. The number of carbonyl (C=O) groups excluding carboxylic acids is 1. The Hall–Kier alpha value is -2.66. The number of benzene rings is 1. The van der Waals surface area contributed by atoms with E-state index in [9.17, 15) is 9.90 Å². The Balaban J connectivity index is 1.71. The van der Waals surface area contributed by atoms with Crippen LogP contribution in [0, 0.1) is 13.8 Å². The van der Waals surface area contributed by atoms with Crippen molar-refractivity contribution in [2.45, 2.75) is 26.4 Å². The number of para-hydroxylation sites is 1. The molecule has 0 spiro atoms. The molecule has 5 nitrogen and oxygen atoms in total. The van der Waals surface area contributed by atoms with Gasteiger partial charge in [-0.2, -0.15) is 0 Å². The molecule has 2 aromatic heterocycles. The molecule has 0 fully saturated rings. The summed E-state index contributed by atoms with van der Waals surface area (Å²) in [6.45, 7) is 4.04. The monoisotopic (exact) mass is 324 g/mol. The number of furan rings is 1. The third kappa shape index (κ3) is 3.31. The molecule has 0 radical (unpaired) electrons. The predicted molar refractivity (Wildman–Crippen MR) is 91.6 cm³/mol. The van der Waals surface area contributed by atoms with Crippen LogP contribution in [0.3, 0.4) is 0 Å². The van der Waals surface area contributed by atoms with Crippen molar-refractivity contribution >= 4 is 16.8 Å². The van der Waals surface area contributed by atoms with Crippen molar-refractivity contribution in [3.63, 3.8) is 0 Å². The Morgan fingerprint density at radius 2 is 2.04 bits per heavy atom. The van der Waals surface area contributed by atoms with Gasteiger partial charge < -0.3 is 14.8 Å². The number of carbonyl (C=O) groups is 1. The minimum atomic E-state index is -0.846. The van der Waals surface area contributed by atoms with Crippen LogP contribution in [0.1, 0.15) is 28.7 Å². The lowest BCUT2D eigenvalue weighted by Crippen LogP contribution is -2.30. The summed E-state index contributed by atoms with van der Waals surface area (Å²) in [6, 6.07) is 11.3. The number of hydrogen-bond acceptors (Lipinski definition) is 4. The van der Waals surface area contributed by atoms with E-state index in [1.807, 2.05) is 38.1 Å². The third-order valence-electron chi connectivity index (χ3n) is 4.19. The van der Waals surface area contributed by atoms with Crippen molar-refractivity contribution in [1.29, 1.82) is 0 Å². The highest BCUT2D eigenvalue weighted by molar-refractivity contribution is 5.86. The zero-order valence-corrected chi connectivity index (χ0v) is 13.7. The SMILES string of the molecule is Cc1nc2ccccc2c(C)c1CC(=O)NCC(O)c1ccco1. The molecule has 1 amide bonds. The van der Waals surface area contributed by atoms with Gasteiger partial charge in [0.05, 0.1) is 24.7 Å². The molecule has 124 valence electrons. The van der Waals surface area contributed by atoms with Crippen LogP contribution in [0.25, 0.3) is 10.9 Å². The van der Waals surface area contributed by atoms with Crippen LogP contribution in [0.15, 0.2) is 47.1 Å². The molecule has 1 unspecified atom stereocenters. The number of hydrogen-bond donors (Lipinski definition) is 2. The Morgan fingerprint density at radius 1 is 1.25 bits per heavy atom. The van der Waals surface area contributed by atoms with E-state index in [0.29, 0.717) is 5.76 Å². The minimum absolute atomic E-state index is 0.117. The van der Waals surface area contributed by atoms with Crippen molar-refractivity contribution in [2.75, 3.05) is 6.54 Å². The lowest BCUT2D eigenvalue weighted by molar-refractivity contribution is -0.121. The molecule has 1 aromatic carbocycles. The van der Waals surface area contributed by atoms with Gasteiger partial charge in [0.25, 0.3) is 0 Å². The molecule has 0 saturated heterocycles. The van der Waals surface area contributed by atoms with Crippen molar-refractivity contribution in [3.8, 4) is 0 Å². The number of nitrogens with zero attached hydrogens (tertiary/aromatic N) is 1. The average molecular weight is 324 g/mol. The van der Waals surface area contributed by atoms with E-state index in [-0.39, 0.29) is 18.9 Å². The summed E-state index contributed by atoms with van der Waals surface area (Å²) in [7, 11) is 0. The summed E-state index contributed by atoms with van der Waals surface area (Å²) in [5.41, 5.74) is 3.79. The van der Waals surface area contributed by atoms with E-state index in [4.69, 9.17) is 4.42 Å². The zero-order chi connectivity index (χ0) is 17.1. The summed E-state index contributed by atoms with van der Waals surface area (Å²) in [4.78, 5) is 16.8. The van der Waals surface area contributed by atoms with Gasteiger partial charge in [0.1, 0.15) is 11.9 Å². The van der Waals surface area contributed by atoms with Crippen molar-refractivity contribution in [1.82, 2.24) is 10.3 Å². The first kappa shape index (κ1) is 16.2. The number of rotatable bonds is 5. The molecule has 0 saturated carbocycles. The van der Waals surface area contributed by atoms with Crippen molar-refractivity contribution < 1.29 is 14.3 Å². The van der Waals surface area contributed by atoms with Crippen molar-refractivity contribution in [3.05, 3.63) is 65.2 Å². The fourth-order valence-electron chi connectivity index (χ4n) is 2.85. The van der Waals surface area contributed by atoms with E-state index >= 15 is 0 Å². The first-order valence-corrected chi connectivity index (χ1v) is 7.89. The second-order valence-corrected chi connectivity index (χ2v) is 5.83. The normalized spacial score (nSPS) is 12.3. The van der Waals surface area contributed by atoms with Gasteiger partial charge in [-0.25, -0.2) is 0 Å². The van der Waals surface area contributed by atoms with Gasteiger partial charge in [0.2, 0.25) is 5.91 Å². The molecule has 0 aliphatic rings. The number of fused-ring (bicyclic) bond motifs is 1. The molecular weight excluding hydrogens is 304 g/mol. The first-order valence-electron chi connectivity index (χ1n) is 7.89. The maximum absolute atomic E-state index is 12.2. The second-order valence-electron chi connectivity index (χ2n) is 5.83. The molecule has 24 heavy (non-hydrogen) atoms. The second kappa shape index (κ2) is 6.84. The summed E-state index contributed by atoms with van der Waals surface area (Å²) in [5, 5.41) is 13.8. The smallest absolute Gasteiger partial charge is 0.224 e. The van der Waals surface area contributed by atoms with E-state index in [1.165, 1.54) is 6.26 Å². The average Bonchev–Trinajstić information content (AvgIpc) is 3.11. The Morgan fingerprint density at radius 3 is 2.79 bits per heavy atom. The van der Waals surface area contributed by atoms with Crippen molar-refractivity contribution in [2.24, 2.45) is 0 Å². The molecule has 2 N–H and O–H groups in total. The van der Waals surface area contributed by atoms with E-state index < -0.39 is 6.10 Å². The number of amides is 1. The van der Waals surface area contributed by atoms with Crippen LogP contribution >= 0.6 is 0 Å². The molecule has 3 aromatic rings. The fraction of sp³-hybridized carbons (Fsp3) is 0.263. The molecule has 0 bridgehead atoms. The summed E-state index contributed by atoms with van der Waals surface area (Å²) >= 11 is 0. The molecule has 5 heteroatoms. The van der Waals surface area contributed by atoms with Crippen LogP contribution in [0.5, 0.6) is 0 Å². The number of aromatic nitrogens is 1. The van der Waals surface area contributed by atoms with E-state index in [2.05, 4.69) is 10.3 Å². The van der Waals surface area contributed by atoms with Gasteiger partial charge in [-0.1, -0.05) is 18.2 Å². The largest absolute Gasteiger partial charge is 0.467 e. The number of nitrogens with one attached hydrogen (secondary N) is 1. The molecule has 1 atom stereocenters. The highest BCUT2D eigenvalue weighted by Gasteiger charge is 2.15. The van der Waals surface area contributed by atoms with Crippen LogP contribution < -0.4 is 5.32 Å². The van der Waals surface area contributed by atoms with Crippen LogP contribution in [-0.4, -0.2) is 22.5 Å². The maximum Gasteiger partial charge on any atom is 0.224 e. The predicted octanol–water partition coefficient (Wildman–Crippen LogP) is 2.84. The Bertz CT molecular complexity index is 856. The summed E-state index contributed by atoms with van der Waals surface area (Å²) in [6.07, 6.45) is 0.884. The minimum Gasteiger partial charge on any atom is -0.467 e. The first-order chi connectivity index (χ1) is 11.6. The number of pyridine rings is 1. The fourth-order valence-corrected chi connectivity index (χ4v) is 2.85. The van der Waals surface area contributed by atoms with Crippen LogP contribution in [0.4, 0.5) is 0 Å². The van der Waals surface area contributed by atoms with Gasteiger partial charge in [-0.3, -0.25) is 9.78 Å². The molecule has 0 aliphatic carbocycles. The highest BCUT2D eigenvalue weighted by Crippen LogP contribution is 2.23. The number of aliphatic hydroxyl groups excluding tert-OH is 1. The maximum atomic E-state index is 12.2. The quantitative estimate of drug-likeness (QED) is 0.757. The highest BCUT2D eigenvalue weighted by atomic mass is 16.4. The molecular formula is C19H20N2O3. The summed E-state index contributed by atoms with van der Waals surface area (Å²) < 4.78 is 5.12. The molecule has 2 heterocycles. The number of aliphatic hydroxyl groups is 1. The van der Waals surface area contributed by atoms with Crippen LogP contribution in [-0.2, 0) is 11.2 Å². The Kier molecular flexibility index (Phi) is 4.62. The van der Waals surface area contributed by atoms with Gasteiger partial charge in [0, 0.05) is 11.1 Å². The van der Waals surface area contributed by atoms with Gasteiger partial charge >= 0.3 is 0 Å². The van der Waals surface area contributed by atoms with Gasteiger partial charge in [0.15, 0.2) is 0 Å². The van der Waals surface area contributed by atoms with Crippen LogP contribution in [0.2, 0.25) is 0 Å². The topological polar surface area (TPSA) is 75.4 Å². The van der Waals surface area contributed by atoms with E-state index in [0.717, 1.165) is 27.7 Å². The third-order valence-corrected chi connectivity index (χ3v) is 4.19. The van der Waals surface area contributed by atoms with E-state index in [1.54, 1.807) is 12.1 Å². The lowest BCUT2D eigenvalue weighted by Gasteiger charge is -2.13. The Labute approximate surface area is 140 Å².